The van der Waals surface area contributed by atoms with E-state index in [0.29, 0.717) is 13.2 Å². The summed E-state index contributed by atoms with van der Waals surface area (Å²) in [6.45, 7) is 0.640. The van der Waals surface area contributed by atoms with Crippen LogP contribution >= 0.6 is 0 Å². The van der Waals surface area contributed by atoms with E-state index in [1.54, 1.807) is 24.3 Å². The molecule has 44 heavy (non-hydrogen) atoms. The SMILES string of the molecule is O=C(O)c1ccc(C#Cc2ccc(C3COC4OC(c5ccc(C#Cc6ccc(C(=O)O)cc6)cc5)OCC4O3)cc2)cc1. The summed E-state index contributed by atoms with van der Waals surface area (Å²) in [5, 5.41) is 18.0. The minimum atomic E-state index is -0.970. The molecule has 4 atom stereocenters. The molecule has 0 radical (unpaired) electrons. The summed E-state index contributed by atoms with van der Waals surface area (Å²) < 4.78 is 24.3. The molecule has 2 fully saturated rings. The summed E-state index contributed by atoms with van der Waals surface area (Å²) in [7, 11) is 0. The minimum Gasteiger partial charge on any atom is -0.478 e. The average molecular weight is 587 g/mol. The Morgan fingerprint density at radius 1 is 0.545 bits per heavy atom. The molecular formula is C36H26O8. The van der Waals surface area contributed by atoms with Crippen LogP contribution in [0.4, 0.5) is 0 Å². The van der Waals surface area contributed by atoms with Crippen LogP contribution in [0.25, 0.3) is 0 Å². The van der Waals surface area contributed by atoms with E-state index in [1.165, 1.54) is 24.3 Å². The number of carboxylic acid groups (broad SMARTS) is 2. The van der Waals surface area contributed by atoms with Crippen molar-refractivity contribution in [2.75, 3.05) is 13.2 Å². The Morgan fingerprint density at radius 2 is 0.977 bits per heavy atom. The Hall–Kier alpha value is -5.22. The number of ether oxygens (including phenoxy) is 4. The number of benzene rings is 4. The van der Waals surface area contributed by atoms with Crippen molar-refractivity contribution in [2.45, 2.75) is 24.8 Å². The maximum Gasteiger partial charge on any atom is 0.335 e. The largest absolute Gasteiger partial charge is 0.478 e. The molecule has 2 aliphatic rings. The highest BCUT2D eigenvalue weighted by Gasteiger charge is 2.40. The minimum absolute atomic E-state index is 0.221. The van der Waals surface area contributed by atoms with Gasteiger partial charge in [0.05, 0.1) is 24.3 Å². The molecule has 0 aromatic heterocycles. The van der Waals surface area contributed by atoms with Gasteiger partial charge in [-0.05, 0) is 78.4 Å². The van der Waals surface area contributed by atoms with Gasteiger partial charge in [0.1, 0.15) is 12.2 Å². The summed E-state index contributed by atoms with van der Waals surface area (Å²) in [5.41, 5.74) is 5.32. The number of hydrogen-bond acceptors (Lipinski definition) is 6. The first-order valence-electron chi connectivity index (χ1n) is 13.9. The zero-order valence-corrected chi connectivity index (χ0v) is 23.3. The van der Waals surface area contributed by atoms with Crippen molar-refractivity contribution in [1.82, 2.24) is 0 Å². The van der Waals surface area contributed by atoms with Crippen molar-refractivity contribution in [3.05, 3.63) is 142 Å². The van der Waals surface area contributed by atoms with E-state index in [9.17, 15) is 9.59 Å². The molecule has 6 rings (SSSR count). The van der Waals surface area contributed by atoms with Crippen molar-refractivity contribution >= 4 is 11.9 Å². The summed E-state index contributed by atoms with van der Waals surface area (Å²) >= 11 is 0. The van der Waals surface area contributed by atoms with Crippen molar-refractivity contribution in [1.29, 1.82) is 0 Å². The van der Waals surface area contributed by atoms with E-state index in [4.69, 9.17) is 29.2 Å². The van der Waals surface area contributed by atoms with Gasteiger partial charge in [-0.1, -0.05) is 47.9 Å². The number of aromatic carboxylic acids is 2. The maximum absolute atomic E-state index is 11.0. The van der Waals surface area contributed by atoms with Gasteiger partial charge in [0.2, 0.25) is 0 Å². The van der Waals surface area contributed by atoms with Crippen LogP contribution in [0, 0.1) is 23.7 Å². The highest BCUT2D eigenvalue weighted by atomic mass is 16.8. The van der Waals surface area contributed by atoms with Crippen LogP contribution in [-0.4, -0.2) is 47.8 Å². The molecule has 0 aliphatic carbocycles. The van der Waals surface area contributed by atoms with Gasteiger partial charge >= 0.3 is 11.9 Å². The van der Waals surface area contributed by atoms with E-state index in [-0.39, 0.29) is 23.3 Å². The number of hydrogen-bond donors (Lipinski definition) is 2. The maximum atomic E-state index is 11.0. The van der Waals surface area contributed by atoms with Crippen LogP contribution in [0.15, 0.2) is 97.1 Å². The number of fused-ring (bicyclic) bond motifs is 1. The molecule has 0 amide bonds. The van der Waals surface area contributed by atoms with E-state index in [0.717, 1.165) is 33.4 Å². The Kier molecular flexibility index (Phi) is 8.51. The smallest absolute Gasteiger partial charge is 0.335 e. The van der Waals surface area contributed by atoms with Gasteiger partial charge < -0.3 is 29.2 Å². The lowest BCUT2D eigenvalue weighted by molar-refractivity contribution is -0.367. The quantitative estimate of drug-likeness (QED) is 0.306. The van der Waals surface area contributed by atoms with Gasteiger partial charge in [-0.25, -0.2) is 9.59 Å². The molecule has 4 aromatic rings. The summed E-state index contributed by atoms with van der Waals surface area (Å²) in [4.78, 5) is 22.0. The number of carbonyl (C=O) groups is 2. The van der Waals surface area contributed by atoms with Crippen molar-refractivity contribution < 1.29 is 38.7 Å². The first kappa shape index (κ1) is 28.9. The van der Waals surface area contributed by atoms with E-state index in [1.807, 2.05) is 48.5 Å². The molecule has 2 aliphatic heterocycles. The normalized spacial score (nSPS) is 20.6. The van der Waals surface area contributed by atoms with Crippen LogP contribution in [0.3, 0.4) is 0 Å². The first-order valence-corrected chi connectivity index (χ1v) is 13.9. The molecule has 218 valence electrons. The van der Waals surface area contributed by atoms with Crippen LogP contribution in [0.5, 0.6) is 0 Å². The molecule has 8 nitrogen and oxygen atoms in total. The molecular weight excluding hydrogens is 560 g/mol. The second-order valence-electron chi connectivity index (χ2n) is 10.2. The van der Waals surface area contributed by atoms with Gasteiger partial charge in [0.15, 0.2) is 12.6 Å². The third kappa shape index (κ3) is 6.87. The van der Waals surface area contributed by atoms with Gasteiger partial charge in [-0.3, -0.25) is 0 Å². The highest BCUT2D eigenvalue weighted by molar-refractivity contribution is 5.88. The van der Waals surface area contributed by atoms with Crippen LogP contribution in [0.1, 0.15) is 66.5 Å². The molecule has 8 heteroatoms. The van der Waals surface area contributed by atoms with Crippen molar-refractivity contribution in [3.63, 3.8) is 0 Å². The van der Waals surface area contributed by atoms with E-state index < -0.39 is 24.5 Å². The predicted molar refractivity (Wildman–Crippen MR) is 159 cm³/mol. The summed E-state index contributed by atoms with van der Waals surface area (Å²) in [6.07, 6.45) is -1.81. The molecule has 4 aromatic carbocycles. The fraction of sp³-hybridized carbons (Fsp3) is 0.167. The van der Waals surface area contributed by atoms with Crippen molar-refractivity contribution in [2.24, 2.45) is 0 Å². The van der Waals surface area contributed by atoms with Crippen LogP contribution in [0.2, 0.25) is 0 Å². The summed E-state index contributed by atoms with van der Waals surface area (Å²) in [5.74, 6) is 10.3. The molecule has 0 saturated carbocycles. The third-order valence-electron chi connectivity index (χ3n) is 7.16. The topological polar surface area (TPSA) is 112 Å². The fourth-order valence-corrected chi connectivity index (χ4v) is 4.73. The summed E-state index contributed by atoms with van der Waals surface area (Å²) in [6, 6.07) is 28.1. The first-order chi connectivity index (χ1) is 21.4. The molecule has 0 spiro atoms. The van der Waals surface area contributed by atoms with E-state index in [2.05, 4.69) is 23.7 Å². The second kappa shape index (κ2) is 13.0. The van der Waals surface area contributed by atoms with Gasteiger partial charge in [0, 0.05) is 27.8 Å². The lowest BCUT2D eigenvalue weighted by Crippen LogP contribution is -2.48. The Morgan fingerprint density at radius 3 is 1.43 bits per heavy atom. The molecule has 2 heterocycles. The average Bonchev–Trinajstić information content (AvgIpc) is 3.07. The standard InChI is InChI=1S/C36H26O8/c37-33(38)28-15-7-24(8-16-28)2-1-23-5-13-27(14-6-23)31-21-42-36-32(43-31)22-41-35(44-36)30-19-11-26(12-20-30)4-3-25-9-17-29(18-10-25)34(39)40/h5-20,31-32,35-36H,21-22H2,(H,37,38)(H,39,40). The Labute approximate surface area is 253 Å². The number of rotatable bonds is 4. The molecule has 2 N–H and O–H groups in total. The van der Waals surface area contributed by atoms with Crippen LogP contribution in [-0.2, 0) is 18.9 Å². The van der Waals surface area contributed by atoms with Crippen LogP contribution < -0.4 is 0 Å². The lowest BCUT2D eigenvalue weighted by Gasteiger charge is -2.41. The molecule has 4 unspecified atom stereocenters. The fourth-order valence-electron chi connectivity index (χ4n) is 4.73. The zero-order valence-electron chi connectivity index (χ0n) is 23.3. The highest BCUT2D eigenvalue weighted by Crippen LogP contribution is 2.35. The second-order valence-corrected chi connectivity index (χ2v) is 10.2. The predicted octanol–water partition coefficient (Wildman–Crippen LogP) is 5.41. The van der Waals surface area contributed by atoms with Crippen molar-refractivity contribution in [3.8, 4) is 23.7 Å². The zero-order chi connectivity index (χ0) is 30.5. The monoisotopic (exact) mass is 586 g/mol. The third-order valence-corrected chi connectivity index (χ3v) is 7.16. The molecule has 0 bridgehead atoms. The van der Waals surface area contributed by atoms with Gasteiger partial charge in [-0.2, -0.15) is 0 Å². The Balaban J connectivity index is 1.02. The number of carboxylic acids is 2. The van der Waals surface area contributed by atoms with E-state index >= 15 is 0 Å². The Bertz CT molecular complexity index is 1640. The lowest BCUT2D eigenvalue weighted by atomic mass is 10.1. The molecule has 2 saturated heterocycles. The van der Waals surface area contributed by atoms with Gasteiger partial charge in [-0.15, -0.1) is 0 Å². The van der Waals surface area contributed by atoms with Gasteiger partial charge in [0.25, 0.3) is 0 Å².